The van der Waals surface area contributed by atoms with Crippen molar-refractivity contribution in [3.05, 3.63) is 69.5 Å². The molecule has 0 N–H and O–H groups in total. The third kappa shape index (κ3) is 3.47. The van der Waals surface area contributed by atoms with Crippen LogP contribution in [0.5, 0.6) is 0 Å². The van der Waals surface area contributed by atoms with E-state index >= 15 is 0 Å². The molecule has 2 aromatic carbocycles. The highest BCUT2D eigenvalue weighted by Crippen LogP contribution is 2.35. The predicted octanol–water partition coefficient (Wildman–Crippen LogP) is 5.19. The lowest BCUT2D eigenvalue weighted by atomic mass is 10.1. The Hall–Kier alpha value is -2.51. The zero-order valence-electron chi connectivity index (χ0n) is 14.3. The van der Waals surface area contributed by atoms with Crippen molar-refractivity contribution in [2.75, 3.05) is 0 Å². The first kappa shape index (κ1) is 18.8. The number of rotatable bonds is 4. The second-order valence-corrected chi connectivity index (χ2v) is 7.18. The summed E-state index contributed by atoms with van der Waals surface area (Å²) in [5.41, 5.74) is 0.619. The Balaban J connectivity index is 1.62. The monoisotopic (exact) mass is 423 g/mol. The van der Waals surface area contributed by atoms with Crippen LogP contribution >= 0.6 is 23.2 Å². The number of benzene rings is 2. The van der Waals surface area contributed by atoms with E-state index in [2.05, 4.69) is 10.1 Å². The summed E-state index contributed by atoms with van der Waals surface area (Å²) in [6.45, 7) is -0.0116. The van der Waals surface area contributed by atoms with Crippen LogP contribution in [0, 0.1) is 11.6 Å². The van der Waals surface area contributed by atoms with Gasteiger partial charge in [0, 0.05) is 22.6 Å². The van der Waals surface area contributed by atoms with Gasteiger partial charge in [-0.3, -0.25) is 4.79 Å². The molecule has 1 fully saturated rings. The first-order chi connectivity index (χ1) is 13.4. The number of aromatic nitrogens is 2. The Bertz CT molecular complexity index is 1040. The molecule has 0 aliphatic carbocycles. The van der Waals surface area contributed by atoms with Crippen LogP contribution in [-0.2, 0) is 11.3 Å². The second-order valence-electron chi connectivity index (χ2n) is 6.36. The van der Waals surface area contributed by atoms with Gasteiger partial charge in [0.25, 0.3) is 0 Å². The molecule has 5 nitrogen and oxygen atoms in total. The van der Waals surface area contributed by atoms with Crippen molar-refractivity contribution in [2.24, 2.45) is 0 Å². The van der Waals surface area contributed by atoms with Gasteiger partial charge in [-0.15, -0.1) is 0 Å². The highest BCUT2D eigenvalue weighted by molar-refractivity contribution is 6.31. The third-order valence-electron chi connectivity index (χ3n) is 4.62. The largest absolute Gasteiger partial charge is 0.337 e. The molecule has 1 saturated heterocycles. The molecule has 2 heterocycles. The molecule has 0 saturated carbocycles. The molecule has 1 aliphatic heterocycles. The molecule has 0 bridgehead atoms. The Kier molecular flexibility index (Phi) is 5.03. The van der Waals surface area contributed by atoms with Crippen LogP contribution in [0.15, 0.2) is 40.9 Å². The van der Waals surface area contributed by atoms with Crippen molar-refractivity contribution in [3.8, 4) is 11.4 Å². The number of carbonyl (C=O) groups excluding carboxylic acids is 1. The molecule has 1 atom stereocenters. The predicted molar refractivity (Wildman–Crippen MR) is 98.6 cm³/mol. The van der Waals surface area contributed by atoms with Crippen LogP contribution < -0.4 is 0 Å². The molecule has 3 aromatic rings. The summed E-state index contributed by atoms with van der Waals surface area (Å²) < 4.78 is 33.1. The zero-order chi connectivity index (χ0) is 19.8. The van der Waals surface area contributed by atoms with Gasteiger partial charge in [-0.1, -0.05) is 34.4 Å². The summed E-state index contributed by atoms with van der Waals surface area (Å²) in [7, 11) is 0. The summed E-state index contributed by atoms with van der Waals surface area (Å²) >= 11 is 11.8. The van der Waals surface area contributed by atoms with E-state index < -0.39 is 17.7 Å². The molecule has 1 aliphatic rings. The summed E-state index contributed by atoms with van der Waals surface area (Å²) in [6.07, 6.45) is 0.714. The van der Waals surface area contributed by atoms with Gasteiger partial charge in [0.05, 0.1) is 11.6 Å². The van der Waals surface area contributed by atoms with E-state index in [0.29, 0.717) is 12.0 Å². The van der Waals surface area contributed by atoms with Gasteiger partial charge in [0.1, 0.15) is 17.7 Å². The van der Waals surface area contributed by atoms with E-state index in [9.17, 15) is 13.6 Å². The van der Waals surface area contributed by atoms with Gasteiger partial charge in [-0.2, -0.15) is 4.98 Å². The van der Waals surface area contributed by atoms with Crippen molar-refractivity contribution in [3.63, 3.8) is 0 Å². The van der Waals surface area contributed by atoms with Gasteiger partial charge >= 0.3 is 0 Å². The summed E-state index contributed by atoms with van der Waals surface area (Å²) in [5.74, 6) is -0.884. The topological polar surface area (TPSA) is 59.2 Å². The van der Waals surface area contributed by atoms with E-state index in [1.165, 1.54) is 29.2 Å². The normalized spacial score (nSPS) is 16.8. The second kappa shape index (κ2) is 7.48. The molecule has 9 heteroatoms. The van der Waals surface area contributed by atoms with E-state index in [4.69, 9.17) is 27.7 Å². The number of amides is 1. The standard InChI is InChI=1S/C19H13Cl2F2N3O2/c20-12-2-1-3-14(22)11(12)9-26-16(6-7-17(26)27)19-24-18(25-28-19)10-4-5-13(21)15(23)8-10/h1-5,8,16H,6-7,9H2. The average Bonchev–Trinajstić information content (AvgIpc) is 3.28. The lowest BCUT2D eigenvalue weighted by molar-refractivity contribution is -0.130. The maximum absolute atomic E-state index is 14.1. The van der Waals surface area contributed by atoms with Gasteiger partial charge in [-0.25, -0.2) is 8.78 Å². The first-order valence-corrected chi connectivity index (χ1v) is 9.21. The van der Waals surface area contributed by atoms with Gasteiger partial charge in [0.2, 0.25) is 17.6 Å². The maximum Gasteiger partial charge on any atom is 0.249 e. The summed E-state index contributed by atoms with van der Waals surface area (Å²) in [6, 6.07) is 8.01. The van der Waals surface area contributed by atoms with Crippen LogP contribution in [0.25, 0.3) is 11.4 Å². The fourth-order valence-corrected chi connectivity index (χ4v) is 3.51. The first-order valence-electron chi connectivity index (χ1n) is 8.45. The van der Waals surface area contributed by atoms with Crippen LogP contribution in [0.1, 0.15) is 30.3 Å². The number of halogens is 4. The lowest BCUT2D eigenvalue weighted by Crippen LogP contribution is -2.28. The number of likely N-dealkylation sites (tertiary alicyclic amines) is 1. The molecular weight excluding hydrogens is 411 g/mol. The van der Waals surface area contributed by atoms with Gasteiger partial charge in [-0.05, 0) is 36.8 Å². The van der Waals surface area contributed by atoms with Gasteiger partial charge < -0.3 is 9.42 Å². The molecule has 1 aromatic heterocycles. The molecular formula is C19H13Cl2F2N3O2. The number of hydrogen-bond acceptors (Lipinski definition) is 4. The smallest absolute Gasteiger partial charge is 0.249 e. The average molecular weight is 424 g/mol. The molecule has 28 heavy (non-hydrogen) atoms. The van der Waals surface area contributed by atoms with Crippen molar-refractivity contribution < 1.29 is 18.1 Å². The van der Waals surface area contributed by atoms with Gasteiger partial charge in [0.15, 0.2) is 0 Å². The Labute approximate surface area is 168 Å². The van der Waals surface area contributed by atoms with E-state index in [1.807, 2.05) is 0 Å². The summed E-state index contributed by atoms with van der Waals surface area (Å²) in [5, 5.41) is 4.09. The molecule has 0 radical (unpaired) electrons. The Morgan fingerprint density at radius 1 is 1.14 bits per heavy atom. The van der Waals surface area contributed by atoms with Crippen LogP contribution in [0.4, 0.5) is 8.78 Å². The Morgan fingerprint density at radius 3 is 2.71 bits per heavy atom. The van der Waals surface area contributed by atoms with Crippen LogP contribution in [0.2, 0.25) is 10.0 Å². The van der Waals surface area contributed by atoms with Crippen LogP contribution in [-0.4, -0.2) is 20.9 Å². The van der Waals surface area contributed by atoms with Crippen molar-refractivity contribution in [1.29, 1.82) is 0 Å². The highest BCUT2D eigenvalue weighted by atomic mass is 35.5. The quantitative estimate of drug-likeness (QED) is 0.579. The third-order valence-corrected chi connectivity index (χ3v) is 5.28. The Morgan fingerprint density at radius 2 is 1.96 bits per heavy atom. The van der Waals surface area contributed by atoms with Crippen molar-refractivity contribution >= 4 is 29.1 Å². The molecule has 4 rings (SSSR count). The molecule has 0 spiro atoms. The molecule has 144 valence electrons. The molecule has 1 amide bonds. The number of carbonyl (C=O) groups is 1. The lowest BCUT2D eigenvalue weighted by Gasteiger charge is -2.22. The van der Waals surface area contributed by atoms with E-state index in [-0.39, 0.29) is 46.2 Å². The molecule has 1 unspecified atom stereocenters. The maximum atomic E-state index is 14.1. The van der Waals surface area contributed by atoms with Crippen LogP contribution in [0.3, 0.4) is 0 Å². The summed E-state index contributed by atoms with van der Waals surface area (Å²) in [4.78, 5) is 18.1. The number of nitrogens with zero attached hydrogens (tertiary/aromatic N) is 3. The fourth-order valence-electron chi connectivity index (χ4n) is 3.17. The minimum absolute atomic E-state index is 0.0116. The minimum Gasteiger partial charge on any atom is -0.337 e. The van der Waals surface area contributed by atoms with Crippen molar-refractivity contribution in [1.82, 2.24) is 15.0 Å². The minimum atomic E-state index is -0.600. The highest BCUT2D eigenvalue weighted by Gasteiger charge is 2.36. The zero-order valence-corrected chi connectivity index (χ0v) is 15.8. The van der Waals surface area contributed by atoms with Crippen molar-refractivity contribution in [2.45, 2.75) is 25.4 Å². The van der Waals surface area contributed by atoms with E-state index in [0.717, 1.165) is 0 Å². The fraction of sp³-hybridized carbons (Fsp3) is 0.211. The SMILES string of the molecule is O=C1CCC(c2nc(-c3ccc(Cl)c(F)c3)no2)N1Cc1c(F)cccc1Cl. The number of hydrogen-bond donors (Lipinski definition) is 0. The van der Waals surface area contributed by atoms with E-state index in [1.54, 1.807) is 12.1 Å².